The van der Waals surface area contributed by atoms with E-state index in [2.05, 4.69) is 0 Å². The Kier molecular flexibility index (Phi) is 7.20. The smallest absolute Gasteiger partial charge is 0.193 e. The van der Waals surface area contributed by atoms with Gasteiger partial charge >= 0.3 is 0 Å². The molecular formula is C23H23ClNO3+. The summed E-state index contributed by atoms with van der Waals surface area (Å²) in [5.74, 6) is 0.602. The first-order valence-corrected chi connectivity index (χ1v) is 9.56. The topological polar surface area (TPSA) is 63.1 Å². The van der Waals surface area contributed by atoms with Crippen LogP contribution < -0.4 is 10.1 Å². The average molecular weight is 397 g/mol. The van der Waals surface area contributed by atoms with Gasteiger partial charge in [0.2, 0.25) is 0 Å². The zero-order chi connectivity index (χ0) is 19.8. The average Bonchev–Trinajstić information content (AvgIpc) is 2.74. The largest absolute Gasteiger partial charge is 0.491 e. The van der Waals surface area contributed by atoms with E-state index in [1.54, 1.807) is 36.4 Å². The van der Waals surface area contributed by atoms with E-state index in [1.807, 2.05) is 47.8 Å². The van der Waals surface area contributed by atoms with Crippen LogP contribution in [-0.2, 0) is 6.54 Å². The number of quaternary nitrogens is 1. The lowest BCUT2D eigenvalue weighted by Gasteiger charge is -2.12. The van der Waals surface area contributed by atoms with Gasteiger partial charge in [-0.25, -0.2) is 0 Å². The summed E-state index contributed by atoms with van der Waals surface area (Å²) in [7, 11) is 0. The van der Waals surface area contributed by atoms with Crippen molar-refractivity contribution in [1.29, 1.82) is 0 Å². The SMILES string of the molecule is O=C(c1ccccc1)c1ccc(OC[C@H](O)C[NH2+]Cc2ccc(Cl)cc2)cc1. The quantitative estimate of drug-likeness (QED) is 0.546. The second kappa shape index (κ2) is 10.0. The molecule has 3 aromatic carbocycles. The molecule has 0 saturated heterocycles. The number of carbonyl (C=O) groups is 1. The first-order chi connectivity index (χ1) is 13.6. The molecule has 0 heterocycles. The Morgan fingerprint density at radius 2 is 1.57 bits per heavy atom. The van der Waals surface area contributed by atoms with Gasteiger partial charge in [0.05, 0.1) is 0 Å². The van der Waals surface area contributed by atoms with Crippen LogP contribution in [0.15, 0.2) is 78.9 Å². The van der Waals surface area contributed by atoms with E-state index >= 15 is 0 Å². The summed E-state index contributed by atoms with van der Waals surface area (Å²) in [6, 6.07) is 23.8. The van der Waals surface area contributed by atoms with Gasteiger partial charge in [0.25, 0.3) is 0 Å². The van der Waals surface area contributed by atoms with Crippen molar-refractivity contribution in [3.05, 3.63) is 101 Å². The van der Waals surface area contributed by atoms with E-state index in [1.165, 1.54) is 0 Å². The lowest BCUT2D eigenvalue weighted by molar-refractivity contribution is -0.676. The fourth-order valence-corrected chi connectivity index (χ4v) is 2.91. The van der Waals surface area contributed by atoms with Crippen molar-refractivity contribution >= 4 is 17.4 Å². The van der Waals surface area contributed by atoms with Gasteiger partial charge in [-0.2, -0.15) is 0 Å². The fraction of sp³-hybridized carbons (Fsp3) is 0.174. The number of ether oxygens (including phenoxy) is 1. The van der Waals surface area contributed by atoms with Crippen molar-refractivity contribution in [1.82, 2.24) is 0 Å². The molecule has 3 aromatic rings. The Balaban J connectivity index is 1.42. The highest BCUT2D eigenvalue weighted by Gasteiger charge is 2.10. The number of ketones is 1. The predicted molar refractivity (Wildman–Crippen MR) is 110 cm³/mol. The molecule has 144 valence electrons. The van der Waals surface area contributed by atoms with Crippen molar-refractivity contribution in [2.75, 3.05) is 13.2 Å². The zero-order valence-corrected chi connectivity index (χ0v) is 16.2. The van der Waals surface area contributed by atoms with Crippen LogP contribution in [0.2, 0.25) is 5.02 Å². The summed E-state index contributed by atoms with van der Waals surface area (Å²) in [6.07, 6.45) is -0.585. The van der Waals surface area contributed by atoms with Gasteiger partial charge in [0.1, 0.15) is 31.5 Å². The van der Waals surface area contributed by atoms with Crippen LogP contribution in [0.25, 0.3) is 0 Å². The molecule has 0 aliphatic carbocycles. The molecule has 4 nitrogen and oxygen atoms in total. The second-order valence-corrected chi connectivity index (χ2v) is 6.98. The van der Waals surface area contributed by atoms with E-state index in [4.69, 9.17) is 16.3 Å². The summed E-state index contributed by atoms with van der Waals surface area (Å²) in [4.78, 5) is 12.4. The van der Waals surface area contributed by atoms with Crippen LogP contribution >= 0.6 is 11.6 Å². The number of aliphatic hydroxyl groups excluding tert-OH is 1. The van der Waals surface area contributed by atoms with Crippen molar-refractivity contribution in [2.45, 2.75) is 12.6 Å². The summed E-state index contributed by atoms with van der Waals surface area (Å²) < 4.78 is 5.63. The van der Waals surface area contributed by atoms with Gasteiger partial charge in [-0.1, -0.05) is 54.1 Å². The summed E-state index contributed by atoms with van der Waals surface area (Å²) >= 11 is 5.87. The van der Waals surface area contributed by atoms with E-state index in [9.17, 15) is 9.90 Å². The standard InChI is InChI=1S/C23H22ClNO3/c24-20-10-6-17(7-11-20)14-25-15-21(26)16-28-22-12-8-19(9-13-22)23(27)18-4-2-1-3-5-18/h1-13,21,25-26H,14-16H2/p+1/t21-/m1/s1. The Morgan fingerprint density at radius 1 is 0.929 bits per heavy atom. The lowest BCUT2D eigenvalue weighted by Crippen LogP contribution is -2.85. The molecule has 0 bridgehead atoms. The monoisotopic (exact) mass is 396 g/mol. The molecule has 0 amide bonds. The first-order valence-electron chi connectivity index (χ1n) is 9.18. The molecular weight excluding hydrogens is 374 g/mol. The van der Waals surface area contributed by atoms with Crippen LogP contribution in [0.3, 0.4) is 0 Å². The van der Waals surface area contributed by atoms with E-state index < -0.39 is 6.10 Å². The Morgan fingerprint density at radius 3 is 2.25 bits per heavy atom. The summed E-state index contributed by atoms with van der Waals surface area (Å²) in [5.41, 5.74) is 2.41. The van der Waals surface area contributed by atoms with Gasteiger partial charge in [-0.3, -0.25) is 4.79 Å². The Bertz CT molecular complexity index is 880. The van der Waals surface area contributed by atoms with E-state index in [-0.39, 0.29) is 12.4 Å². The van der Waals surface area contributed by atoms with Gasteiger partial charge < -0.3 is 15.2 Å². The van der Waals surface area contributed by atoms with Crippen LogP contribution in [0.1, 0.15) is 21.5 Å². The number of halogens is 1. The van der Waals surface area contributed by atoms with Crippen molar-refractivity contribution < 1.29 is 20.0 Å². The number of rotatable bonds is 9. The Labute approximate surface area is 169 Å². The Hall–Kier alpha value is -2.66. The van der Waals surface area contributed by atoms with E-state index in [0.717, 1.165) is 12.1 Å². The molecule has 0 spiro atoms. The molecule has 3 N–H and O–H groups in total. The molecule has 28 heavy (non-hydrogen) atoms. The molecule has 1 atom stereocenters. The highest BCUT2D eigenvalue weighted by atomic mass is 35.5. The molecule has 0 aliphatic rings. The minimum absolute atomic E-state index is 0.0241. The molecule has 0 saturated carbocycles. The van der Waals surface area contributed by atoms with Crippen LogP contribution in [0.4, 0.5) is 0 Å². The predicted octanol–water partition coefficient (Wildman–Crippen LogP) is 3.07. The third-order valence-corrected chi connectivity index (χ3v) is 4.58. The second-order valence-electron chi connectivity index (χ2n) is 6.54. The van der Waals surface area contributed by atoms with Crippen molar-refractivity contribution in [2.24, 2.45) is 0 Å². The van der Waals surface area contributed by atoms with Crippen LogP contribution in [-0.4, -0.2) is 30.1 Å². The molecule has 0 unspecified atom stereocenters. The third-order valence-electron chi connectivity index (χ3n) is 4.33. The summed E-state index contributed by atoms with van der Waals surface area (Å²) in [5, 5.41) is 12.8. The van der Waals surface area contributed by atoms with Gasteiger partial charge in [0.15, 0.2) is 5.78 Å². The number of hydrogen-bond donors (Lipinski definition) is 2. The van der Waals surface area contributed by atoms with E-state index in [0.29, 0.717) is 28.4 Å². The molecule has 0 radical (unpaired) electrons. The normalized spacial score (nSPS) is 11.8. The minimum Gasteiger partial charge on any atom is -0.491 e. The maximum absolute atomic E-state index is 12.4. The number of benzene rings is 3. The lowest BCUT2D eigenvalue weighted by atomic mass is 10.0. The van der Waals surface area contributed by atoms with Gasteiger partial charge in [-0.05, 0) is 36.4 Å². The highest BCUT2D eigenvalue weighted by molar-refractivity contribution is 6.30. The maximum atomic E-state index is 12.4. The van der Waals surface area contributed by atoms with Crippen LogP contribution in [0.5, 0.6) is 5.75 Å². The molecule has 3 rings (SSSR count). The third kappa shape index (κ3) is 5.92. The number of nitrogens with two attached hydrogens (primary N) is 1. The molecule has 0 fully saturated rings. The molecule has 0 aromatic heterocycles. The van der Waals surface area contributed by atoms with Crippen molar-refractivity contribution in [3.8, 4) is 5.75 Å². The highest BCUT2D eigenvalue weighted by Crippen LogP contribution is 2.15. The maximum Gasteiger partial charge on any atom is 0.193 e. The fourth-order valence-electron chi connectivity index (χ4n) is 2.78. The van der Waals surface area contributed by atoms with Gasteiger partial charge in [-0.15, -0.1) is 0 Å². The van der Waals surface area contributed by atoms with Crippen molar-refractivity contribution in [3.63, 3.8) is 0 Å². The first kappa shape index (κ1) is 20.1. The number of hydrogen-bond acceptors (Lipinski definition) is 3. The molecule has 5 heteroatoms. The molecule has 0 aliphatic heterocycles. The minimum atomic E-state index is -0.585. The van der Waals surface area contributed by atoms with Crippen LogP contribution in [0, 0.1) is 0 Å². The van der Waals surface area contributed by atoms with Gasteiger partial charge in [0, 0.05) is 21.7 Å². The zero-order valence-electron chi connectivity index (χ0n) is 15.4. The number of aliphatic hydroxyl groups is 1. The summed E-state index contributed by atoms with van der Waals surface area (Å²) in [6.45, 7) is 1.50. The number of carbonyl (C=O) groups excluding carboxylic acids is 1.